The maximum absolute atomic E-state index is 2.80. The average Bonchev–Trinajstić information content (AvgIpc) is 2.71. The molecule has 0 heteroatoms. The highest BCUT2D eigenvalue weighted by molar-refractivity contribution is 5.48. The zero-order chi connectivity index (χ0) is 21.5. The molecule has 0 nitrogen and oxygen atoms in total. The third kappa shape index (κ3) is 1.25. The second-order valence-electron chi connectivity index (χ2n) is 15.0. The fourth-order valence-electron chi connectivity index (χ4n) is 13.8. The molecule has 15 atom stereocenters. The SMILES string of the molecule is CC1C(C)[C@@H](C)[C@H]2[C@H]3[C@H]4[C@H]5[C@H]6CC(C)[C@@]6(C)[C@@]5(C)[C@@]4(C)[C@@]3(C)[C@@]2(C)C(C)(C)C1C. The first-order valence-electron chi connectivity index (χ1n) is 13.1. The topological polar surface area (TPSA) is 0 Å². The van der Waals surface area contributed by atoms with Crippen molar-refractivity contribution in [3.05, 3.63) is 0 Å². The molecule has 0 radical (unpaired) electrons. The lowest BCUT2D eigenvalue weighted by Crippen LogP contribution is -3.01. The normalized spacial score (nSPS) is 75.7. The van der Waals surface area contributed by atoms with E-state index in [-0.39, 0.29) is 0 Å². The second kappa shape index (κ2) is 4.55. The van der Waals surface area contributed by atoms with E-state index in [1.165, 1.54) is 6.42 Å². The van der Waals surface area contributed by atoms with Gasteiger partial charge in [-0.25, -0.2) is 0 Å². The predicted octanol–water partition coefficient (Wildman–Crippen LogP) is 7.78. The van der Waals surface area contributed by atoms with Crippen molar-refractivity contribution in [3.63, 3.8) is 0 Å². The monoisotopic (exact) mass is 396 g/mol. The summed E-state index contributed by atoms with van der Waals surface area (Å²) in [6.07, 6.45) is 1.53. The van der Waals surface area contributed by atoms with Crippen molar-refractivity contribution in [2.24, 2.45) is 91.7 Å². The van der Waals surface area contributed by atoms with Crippen molar-refractivity contribution >= 4 is 0 Å². The molecular weight excluding hydrogens is 348 g/mol. The molecule has 29 heavy (non-hydrogen) atoms. The predicted molar refractivity (Wildman–Crippen MR) is 122 cm³/mol. The van der Waals surface area contributed by atoms with E-state index in [4.69, 9.17) is 0 Å². The summed E-state index contributed by atoms with van der Waals surface area (Å²) in [6.45, 7) is 32.2. The Bertz CT molecular complexity index is 809. The van der Waals surface area contributed by atoms with E-state index in [9.17, 15) is 0 Å². The summed E-state index contributed by atoms with van der Waals surface area (Å²) in [7, 11) is 0. The summed E-state index contributed by atoms with van der Waals surface area (Å²) < 4.78 is 0. The van der Waals surface area contributed by atoms with Crippen molar-refractivity contribution in [1.29, 1.82) is 0 Å². The van der Waals surface area contributed by atoms with Crippen LogP contribution in [0.2, 0.25) is 0 Å². The molecule has 0 amide bonds. The molecule has 6 fully saturated rings. The summed E-state index contributed by atoms with van der Waals surface area (Å²) in [5.74, 6) is 9.40. The van der Waals surface area contributed by atoms with Crippen LogP contribution in [0.15, 0.2) is 0 Å². The van der Waals surface area contributed by atoms with Gasteiger partial charge in [0.1, 0.15) is 0 Å². The molecule has 6 rings (SSSR count). The Morgan fingerprint density at radius 1 is 0.517 bits per heavy atom. The Morgan fingerprint density at radius 3 is 1.59 bits per heavy atom. The zero-order valence-corrected chi connectivity index (χ0v) is 21.5. The van der Waals surface area contributed by atoms with E-state index in [1.54, 1.807) is 0 Å². The van der Waals surface area contributed by atoms with Gasteiger partial charge in [0, 0.05) is 0 Å². The van der Waals surface area contributed by atoms with Crippen molar-refractivity contribution in [2.45, 2.75) is 89.5 Å². The van der Waals surface area contributed by atoms with Crippen LogP contribution in [0.3, 0.4) is 0 Å². The van der Waals surface area contributed by atoms with Crippen LogP contribution in [-0.2, 0) is 0 Å². The second-order valence-corrected chi connectivity index (χ2v) is 15.0. The van der Waals surface area contributed by atoms with E-state index in [0.717, 1.165) is 59.2 Å². The molecule has 6 saturated carbocycles. The van der Waals surface area contributed by atoms with Gasteiger partial charge in [-0.2, -0.15) is 0 Å². The summed E-state index contributed by atoms with van der Waals surface area (Å²) in [4.78, 5) is 0. The van der Waals surface area contributed by atoms with Crippen LogP contribution < -0.4 is 0 Å². The number of hydrogen-bond acceptors (Lipinski definition) is 0. The van der Waals surface area contributed by atoms with Gasteiger partial charge >= 0.3 is 0 Å². The first-order chi connectivity index (χ1) is 13.1. The van der Waals surface area contributed by atoms with Crippen LogP contribution in [-0.4, -0.2) is 0 Å². The molecule has 0 spiro atoms. The van der Waals surface area contributed by atoms with Crippen molar-refractivity contribution < 1.29 is 0 Å². The minimum atomic E-state index is 0.409. The lowest BCUT2D eigenvalue weighted by Gasteiger charge is -3.04. The van der Waals surface area contributed by atoms with Crippen LogP contribution in [0.4, 0.5) is 0 Å². The molecule has 4 unspecified atom stereocenters. The van der Waals surface area contributed by atoms with Gasteiger partial charge in [0.25, 0.3) is 0 Å². The first kappa shape index (κ1) is 19.7. The van der Waals surface area contributed by atoms with Gasteiger partial charge in [0.05, 0.1) is 0 Å². The van der Waals surface area contributed by atoms with E-state index in [1.807, 2.05) is 0 Å². The van der Waals surface area contributed by atoms with Gasteiger partial charge in [0.15, 0.2) is 0 Å². The first-order valence-corrected chi connectivity index (χ1v) is 13.1. The summed E-state index contributed by atoms with van der Waals surface area (Å²) in [5.41, 5.74) is 3.19. The molecule has 0 aromatic carbocycles. The van der Waals surface area contributed by atoms with Gasteiger partial charge in [-0.1, -0.05) is 83.1 Å². The van der Waals surface area contributed by atoms with E-state index in [0.29, 0.717) is 32.5 Å². The van der Waals surface area contributed by atoms with E-state index < -0.39 is 0 Å². The minimum Gasteiger partial charge on any atom is -0.0620 e. The van der Waals surface area contributed by atoms with Crippen LogP contribution in [0.5, 0.6) is 0 Å². The number of rotatable bonds is 0. The van der Waals surface area contributed by atoms with Gasteiger partial charge in [-0.3, -0.25) is 0 Å². The molecule has 0 N–H and O–H groups in total. The summed E-state index contributed by atoms with van der Waals surface area (Å²) >= 11 is 0. The fraction of sp³-hybridized carbons (Fsp3) is 1.00. The maximum atomic E-state index is 2.80. The average molecular weight is 397 g/mol. The molecule has 0 aromatic rings. The fourth-order valence-corrected chi connectivity index (χ4v) is 13.8. The quantitative estimate of drug-likeness (QED) is 0.367. The van der Waals surface area contributed by atoms with Gasteiger partial charge < -0.3 is 0 Å². The molecule has 0 heterocycles. The maximum Gasteiger partial charge on any atom is -0.0167 e. The summed E-state index contributed by atoms with van der Waals surface area (Å²) in [6, 6.07) is 0. The highest BCUT2D eigenvalue weighted by atomic mass is 15.0. The Morgan fingerprint density at radius 2 is 1.03 bits per heavy atom. The molecular formula is C29H48. The van der Waals surface area contributed by atoms with Gasteiger partial charge in [-0.15, -0.1) is 0 Å². The van der Waals surface area contributed by atoms with Crippen LogP contribution in [0.25, 0.3) is 0 Å². The van der Waals surface area contributed by atoms with Crippen LogP contribution >= 0.6 is 0 Å². The largest absolute Gasteiger partial charge is 0.0620 e. The van der Waals surface area contributed by atoms with E-state index in [2.05, 4.69) is 83.1 Å². The zero-order valence-electron chi connectivity index (χ0n) is 21.5. The van der Waals surface area contributed by atoms with Crippen molar-refractivity contribution in [3.8, 4) is 0 Å². The molecule has 6 aliphatic carbocycles. The smallest absolute Gasteiger partial charge is 0.0167 e. The van der Waals surface area contributed by atoms with Gasteiger partial charge in [-0.05, 0) is 98.1 Å². The molecule has 0 aliphatic heterocycles. The third-order valence-electron chi connectivity index (χ3n) is 16.5. The molecule has 164 valence electrons. The Hall–Kier alpha value is 0. The molecule has 6 aliphatic rings. The van der Waals surface area contributed by atoms with Crippen LogP contribution in [0.1, 0.15) is 89.5 Å². The molecule has 0 saturated heterocycles. The minimum absolute atomic E-state index is 0.409. The highest BCUT2D eigenvalue weighted by Gasteiger charge is 3.01. The molecule has 0 aromatic heterocycles. The number of fused-ring (bicyclic) bond motifs is 13. The number of hydrogen-bond donors (Lipinski definition) is 0. The Labute approximate surface area is 181 Å². The van der Waals surface area contributed by atoms with Crippen LogP contribution in [0, 0.1) is 91.7 Å². The standard InChI is InChI=1S/C29H48/c1-14-13-19-21-23-22-20-17(4)15(2)16(3)18(5)24(6,7)26(20,9)28(22,11)29(23,12)27(21,10)25(14,19)8/h14-23H,13H2,1-12H3/t14?,15?,16?,17-,18?,19-,20+,21-,22+,23-,25-,26-,27+,28-,29+/m1/s1. The van der Waals surface area contributed by atoms with Gasteiger partial charge in [0.2, 0.25) is 0 Å². The van der Waals surface area contributed by atoms with E-state index >= 15 is 0 Å². The van der Waals surface area contributed by atoms with Crippen molar-refractivity contribution in [1.82, 2.24) is 0 Å². The molecule has 0 bridgehead atoms. The lowest BCUT2D eigenvalue weighted by atomic mass is 8.99. The third-order valence-corrected chi connectivity index (χ3v) is 16.5. The Kier molecular flexibility index (Phi) is 3.08. The lowest BCUT2D eigenvalue weighted by molar-refractivity contribution is -0.579. The summed E-state index contributed by atoms with van der Waals surface area (Å²) in [5, 5.41) is 0. The van der Waals surface area contributed by atoms with Crippen molar-refractivity contribution in [2.75, 3.05) is 0 Å². The highest BCUT2D eigenvalue weighted by Crippen LogP contribution is 3.05. The Balaban J connectivity index is 1.52.